The molecule has 1 saturated carbocycles. The lowest BCUT2D eigenvalue weighted by Gasteiger charge is -2.17. The predicted molar refractivity (Wildman–Crippen MR) is 79.4 cm³/mol. The number of halogens is 1. The molecule has 1 unspecified atom stereocenters. The molecule has 0 aliphatic heterocycles. The molecule has 1 aliphatic carbocycles. The van der Waals surface area contributed by atoms with E-state index >= 15 is 0 Å². The first kappa shape index (κ1) is 15.1. The minimum absolute atomic E-state index is 0.184. The Labute approximate surface area is 131 Å². The van der Waals surface area contributed by atoms with Gasteiger partial charge in [-0.3, -0.25) is 14.2 Å². The Balaban J connectivity index is 1.94. The van der Waals surface area contributed by atoms with E-state index in [0.29, 0.717) is 18.0 Å². The SMILES string of the molecule is O=CNC(C(=O)c1ccc(F)cc1)n1ccc(C2CC2)nc1=O. The van der Waals surface area contributed by atoms with Gasteiger partial charge in [-0.2, -0.15) is 4.98 Å². The summed E-state index contributed by atoms with van der Waals surface area (Å²) in [6.45, 7) is 0. The molecule has 1 aliphatic rings. The van der Waals surface area contributed by atoms with Gasteiger partial charge in [0, 0.05) is 17.7 Å². The Kier molecular flexibility index (Phi) is 4.01. The van der Waals surface area contributed by atoms with Gasteiger partial charge in [0.05, 0.1) is 5.69 Å². The summed E-state index contributed by atoms with van der Waals surface area (Å²) in [5, 5.41) is 2.32. The molecule has 0 bridgehead atoms. The number of rotatable bonds is 6. The van der Waals surface area contributed by atoms with E-state index in [2.05, 4.69) is 10.3 Å². The summed E-state index contributed by atoms with van der Waals surface area (Å²) in [6.07, 6.45) is 2.58. The Morgan fingerprint density at radius 2 is 2.00 bits per heavy atom. The lowest BCUT2D eigenvalue weighted by atomic mass is 10.1. The number of nitrogens with one attached hydrogen (secondary N) is 1. The van der Waals surface area contributed by atoms with Gasteiger partial charge < -0.3 is 5.32 Å². The number of ketones is 1. The van der Waals surface area contributed by atoms with Gasteiger partial charge in [-0.05, 0) is 43.2 Å². The van der Waals surface area contributed by atoms with E-state index < -0.39 is 23.5 Å². The van der Waals surface area contributed by atoms with E-state index in [9.17, 15) is 18.8 Å². The monoisotopic (exact) mass is 315 g/mol. The van der Waals surface area contributed by atoms with Crippen molar-refractivity contribution in [3.8, 4) is 0 Å². The van der Waals surface area contributed by atoms with E-state index in [1.807, 2.05) is 0 Å². The molecule has 1 N–H and O–H groups in total. The molecule has 6 nitrogen and oxygen atoms in total. The van der Waals surface area contributed by atoms with Gasteiger partial charge in [-0.15, -0.1) is 0 Å². The van der Waals surface area contributed by atoms with Crippen molar-refractivity contribution in [1.29, 1.82) is 0 Å². The van der Waals surface area contributed by atoms with Gasteiger partial charge in [-0.25, -0.2) is 9.18 Å². The van der Waals surface area contributed by atoms with Gasteiger partial charge in [0.25, 0.3) is 0 Å². The van der Waals surface area contributed by atoms with Crippen LogP contribution in [-0.4, -0.2) is 21.7 Å². The number of nitrogens with zero attached hydrogens (tertiary/aromatic N) is 2. The van der Waals surface area contributed by atoms with Crippen molar-refractivity contribution in [2.45, 2.75) is 24.9 Å². The highest BCUT2D eigenvalue weighted by Crippen LogP contribution is 2.38. The summed E-state index contributed by atoms with van der Waals surface area (Å²) in [7, 11) is 0. The fraction of sp³-hybridized carbons (Fsp3) is 0.250. The minimum atomic E-state index is -1.22. The third kappa shape index (κ3) is 3.18. The molecule has 1 atom stereocenters. The third-order valence-electron chi connectivity index (χ3n) is 3.73. The molecule has 1 amide bonds. The maximum atomic E-state index is 13.0. The summed E-state index contributed by atoms with van der Waals surface area (Å²) in [6, 6.07) is 6.56. The molecule has 0 spiro atoms. The van der Waals surface area contributed by atoms with Crippen LogP contribution in [0.5, 0.6) is 0 Å². The summed E-state index contributed by atoms with van der Waals surface area (Å²) in [4.78, 5) is 39.4. The molecular formula is C16H14FN3O3. The molecule has 3 rings (SSSR count). The van der Waals surface area contributed by atoms with Crippen molar-refractivity contribution < 1.29 is 14.0 Å². The van der Waals surface area contributed by atoms with E-state index in [-0.39, 0.29) is 5.56 Å². The van der Waals surface area contributed by atoms with Crippen LogP contribution >= 0.6 is 0 Å². The van der Waals surface area contributed by atoms with Crippen LogP contribution in [0.3, 0.4) is 0 Å². The van der Waals surface area contributed by atoms with E-state index in [4.69, 9.17) is 0 Å². The minimum Gasteiger partial charge on any atom is -0.331 e. The van der Waals surface area contributed by atoms with Gasteiger partial charge >= 0.3 is 5.69 Å². The Morgan fingerprint density at radius 3 is 2.57 bits per heavy atom. The highest BCUT2D eigenvalue weighted by atomic mass is 19.1. The number of aromatic nitrogens is 2. The number of carbonyl (C=O) groups is 2. The topological polar surface area (TPSA) is 81.1 Å². The molecule has 1 aromatic carbocycles. The molecule has 23 heavy (non-hydrogen) atoms. The summed E-state index contributed by atoms with van der Waals surface area (Å²) in [5.74, 6) is -0.697. The smallest absolute Gasteiger partial charge is 0.331 e. The quantitative estimate of drug-likeness (QED) is 0.645. The average molecular weight is 315 g/mol. The van der Waals surface area contributed by atoms with Gasteiger partial charge in [0.2, 0.25) is 12.2 Å². The van der Waals surface area contributed by atoms with Crippen LogP contribution in [-0.2, 0) is 4.79 Å². The van der Waals surface area contributed by atoms with Crippen LogP contribution < -0.4 is 11.0 Å². The first-order valence-electron chi connectivity index (χ1n) is 7.18. The number of Topliss-reactive ketones (excluding diaryl/α,β-unsaturated/α-hetero) is 1. The molecule has 118 valence electrons. The van der Waals surface area contributed by atoms with Crippen molar-refractivity contribution in [2.75, 3.05) is 0 Å². The molecule has 1 fully saturated rings. The summed E-state index contributed by atoms with van der Waals surface area (Å²) >= 11 is 0. The predicted octanol–water partition coefficient (Wildman–Crippen LogP) is 1.39. The average Bonchev–Trinajstić information content (AvgIpc) is 3.38. The van der Waals surface area contributed by atoms with Crippen LogP contribution in [0.2, 0.25) is 0 Å². The van der Waals surface area contributed by atoms with Gasteiger partial charge in [0.15, 0.2) is 6.17 Å². The number of hydrogen-bond donors (Lipinski definition) is 1. The standard InChI is InChI=1S/C16H14FN3O3/c17-12-5-3-11(4-6-12)14(22)15(18-9-21)20-8-7-13(10-1-2-10)19-16(20)23/h3-10,15H,1-2H2,(H,18,21). The van der Waals surface area contributed by atoms with Gasteiger partial charge in [0.1, 0.15) is 5.82 Å². The summed E-state index contributed by atoms with van der Waals surface area (Å²) < 4.78 is 14.0. The zero-order valence-electron chi connectivity index (χ0n) is 12.1. The Bertz CT molecular complexity index is 797. The first-order chi connectivity index (χ1) is 11.1. The van der Waals surface area contributed by atoms with Crippen LogP contribution in [0.1, 0.15) is 41.0 Å². The number of benzene rings is 1. The number of amides is 1. The molecule has 0 radical (unpaired) electrons. The second-order valence-electron chi connectivity index (χ2n) is 5.37. The van der Waals surface area contributed by atoms with Crippen molar-refractivity contribution in [2.24, 2.45) is 0 Å². The lowest BCUT2D eigenvalue weighted by molar-refractivity contribution is -0.110. The number of hydrogen-bond acceptors (Lipinski definition) is 4. The van der Waals surface area contributed by atoms with Crippen LogP contribution in [0.25, 0.3) is 0 Å². The Morgan fingerprint density at radius 1 is 1.30 bits per heavy atom. The third-order valence-corrected chi connectivity index (χ3v) is 3.73. The first-order valence-corrected chi connectivity index (χ1v) is 7.18. The largest absolute Gasteiger partial charge is 0.349 e. The highest BCUT2D eigenvalue weighted by Gasteiger charge is 2.27. The second kappa shape index (κ2) is 6.12. The number of carbonyl (C=O) groups excluding carboxylic acids is 2. The zero-order valence-corrected chi connectivity index (χ0v) is 12.1. The van der Waals surface area contributed by atoms with Crippen LogP contribution in [0, 0.1) is 5.82 Å². The second-order valence-corrected chi connectivity index (χ2v) is 5.37. The lowest BCUT2D eigenvalue weighted by Crippen LogP contribution is -2.40. The maximum absolute atomic E-state index is 13.0. The van der Waals surface area contributed by atoms with E-state index in [1.54, 1.807) is 6.07 Å². The molecule has 1 aromatic heterocycles. The Hall–Kier alpha value is -2.83. The van der Waals surface area contributed by atoms with Crippen LogP contribution in [0.15, 0.2) is 41.3 Å². The highest BCUT2D eigenvalue weighted by molar-refractivity contribution is 5.99. The fourth-order valence-electron chi connectivity index (χ4n) is 2.35. The molecule has 7 heteroatoms. The molecule has 1 heterocycles. The van der Waals surface area contributed by atoms with Gasteiger partial charge in [-0.1, -0.05) is 0 Å². The van der Waals surface area contributed by atoms with E-state index in [0.717, 1.165) is 29.5 Å². The fourth-order valence-corrected chi connectivity index (χ4v) is 2.35. The maximum Gasteiger partial charge on any atom is 0.349 e. The summed E-state index contributed by atoms with van der Waals surface area (Å²) in [5.41, 5.74) is 0.276. The van der Waals surface area contributed by atoms with Crippen LogP contribution in [0.4, 0.5) is 4.39 Å². The zero-order chi connectivity index (χ0) is 16.4. The normalized spacial score (nSPS) is 15.0. The van der Waals surface area contributed by atoms with Crippen molar-refractivity contribution in [3.63, 3.8) is 0 Å². The molecule has 0 saturated heterocycles. The van der Waals surface area contributed by atoms with Crippen molar-refractivity contribution in [3.05, 3.63) is 64.1 Å². The molecule has 2 aromatic rings. The molecular weight excluding hydrogens is 301 g/mol. The van der Waals surface area contributed by atoms with Crippen molar-refractivity contribution >= 4 is 12.2 Å². The van der Waals surface area contributed by atoms with E-state index in [1.165, 1.54) is 18.3 Å². The van der Waals surface area contributed by atoms with Crippen molar-refractivity contribution in [1.82, 2.24) is 14.9 Å².